The second-order valence-electron chi connectivity index (χ2n) is 5.51. The summed E-state index contributed by atoms with van der Waals surface area (Å²) in [5.74, 6) is 0. The van der Waals surface area contributed by atoms with Crippen molar-refractivity contribution >= 4 is 10.0 Å². The number of nitrogens with one attached hydrogen (secondary N) is 1. The summed E-state index contributed by atoms with van der Waals surface area (Å²) in [7, 11) is -3.49. The second-order valence-corrected chi connectivity index (χ2v) is 7.45. The van der Waals surface area contributed by atoms with Gasteiger partial charge in [-0.25, -0.2) is 8.42 Å². The van der Waals surface area contributed by atoms with Crippen molar-refractivity contribution in [2.24, 2.45) is 0 Å². The van der Waals surface area contributed by atoms with Gasteiger partial charge in [0.05, 0.1) is 10.5 Å². The first-order chi connectivity index (χ1) is 9.35. The first-order valence-electron chi connectivity index (χ1n) is 6.87. The molecule has 0 spiro atoms. The van der Waals surface area contributed by atoms with Gasteiger partial charge in [0.25, 0.3) is 0 Å². The van der Waals surface area contributed by atoms with Crippen LogP contribution in [0.2, 0.25) is 0 Å². The van der Waals surface area contributed by atoms with Crippen molar-refractivity contribution in [2.75, 3.05) is 19.6 Å². The summed E-state index contributed by atoms with van der Waals surface area (Å²) in [5.41, 5.74) is 0.136. The van der Waals surface area contributed by atoms with Gasteiger partial charge in [-0.3, -0.25) is 0 Å². The summed E-state index contributed by atoms with van der Waals surface area (Å²) >= 11 is 0. The van der Waals surface area contributed by atoms with E-state index in [0.717, 1.165) is 18.7 Å². The maximum absolute atomic E-state index is 12.4. The SMILES string of the molecule is CCNCc1ccc(S(=O)(=O)N2CCC(C)(O)C2)cc1. The molecule has 5 nitrogen and oxygen atoms in total. The quantitative estimate of drug-likeness (QED) is 0.849. The summed E-state index contributed by atoms with van der Waals surface area (Å²) in [6.07, 6.45) is 0.477. The zero-order valence-corrected chi connectivity index (χ0v) is 12.8. The Morgan fingerprint density at radius 1 is 1.35 bits per heavy atom. The number of sulfonamides is 1. The van der Waals surface area contributed by atoms with E-state index < -0.39 is 15.6 Å². The highest BCUT2D eigenvalue weighted by molar-refractivity contribution is 7.89. The third kappa shape index (κ3) is 3.38. The molecule has 112 valence electrons. The lowest BCUT2D eigenvalue weighted by Gasteiger charge is -2.19. The number of hydrogen-bond acceptors (Lipinski definition) is 4. The lowest BCUT2D eigenvalue weighted by molar-refractivity contribution is 0.0762. The predicted molar refractivity (Wildman–Crippen MR) is 77.8 cm³/mol. The number of β-amino-alcohol motifs (C(OH)–C–C–N with tert-alkyl or cyclic N) is 1. The van der Waals surface area contributed by atoms with E-state index >= 15 is 0 Å². The lowest BCUT2D eigenvalue weighted by atomic mass is 10.1. The summed E-state index contributed by atoms with van der Waals surface area (Å²) in [4.78, 5) is 0.287. The molecule has 0 amide bonds. The molecule has 1 fully saturated rings. The molecule has 1 aliphatic rings. The monoisotopic (exact) mass is 298 g/mol. The molecule has 2 N–H and O–H groups in total. The van der Waals surface area contributed by atoms with Crippen LogP contribution in [0.15, 0.2) is 29.2 Å². The van der Waals surface area contributed by atoms with Crippen LogP contribution in [0.4, 0.5) is 0 Å². The fourth-order valence-electron chi connectivity index (χ4n) is 2.31. The third-order valence-corrected chi connectivity index (χ3v) is 5.42. The molecule has 1 aromatic carbocycles. The summed E-state index contributed by atoms with van der Waals surface area (Å²) in [6.45, 7) is 5.83. The molecule has 1 unspecified atom stereocenters. The van der Waals surface area contributed by atoms with Crippen LogP contribution in [0, 0.1) is 0 Å². The highest BCUT2D eigenvalue weighted by atomic mass is 32.2. The third-order valence-electron chi connectivity index (χ3n) is 3.56. The molecule has 0 aromatic heterocycles. The van der Waals surface area contributed by atoms with Crippen molar-refractivity contribution in [2.45, 2.75) is 37.3 Å². The van der Waals surface area contributed by atoms with Crippen molar-refractivity contribution in [1.82, 2.24) is 9.62 Å². The molecule has 0 aliphatic carbocycles. The Balaban J connectivity index is 2.14. The van der Waals surface area contributed by atoms with Crippen LogP contribution >= 0.6 is 0 Å². The minimum Gasteiger partial charge on any atom is -0.389 e. The van der Waals surface area contributed by atoms with E-state index in [0.29, 0.717) is 13.0 Å². The first kappa shape index (κ1) is 15.4. The first-order valence-corrected chi connectivity index (χ1v) is 8.31. The van der Waals surface area contributed by atoms with Crippen molar-refractivity contribution in [3.63, 3.8) is 0 Å². The highest BCUT2D eigenvalue weighted by Gasteiger charge is 2.38. The average molecular weight is 298 g/mol. The Labute approximate surface area is 120 Å². The van der Waals surface area contributed by atoms with Crippen molar-refractivity contribution in [1.29, 1.82) is 0 Å². The maximum Gasteiger partial charge on any atom is 0.243 e. The molecule has 20 heavy (non-hydrogen) atoms. The van der Waals surface area contributed by atoms with Crippen LogP contribution in [0.5, 0.6) is 0 Å². The molecule has 1 atom stereocenters. The fraction of sp³-hybridized carbons (Fsp3) is 0.571. The van der Waals surface area contributed by atoms with Gasteiger partial charge in [0, 0.05) is 19.6 Å². The zero-order valence-electron chi connectivity index (χ0n) is 12.0. The number of hydrogen-bond donors (Lipinski definition) is 2. The molecule has 1 heterocycles. The fourth-order valence-corrected chi connectivity index (χ4v) is 3.86. The maximum atomic E-state index is 12.4. The molecule has 1 aliphatic heterocycles. The van der Waals surface area contributed by atoms with E-state index in [1.165, 1.54) is 4.31 Å². The van der Waals surface area contributed by atoms with Gasteiger partial charge in [0.15, 0.2) is 0 Å². The van der Waals surface area contributed by atoms with E-state index in [1.807, 2.05) is 19.1 Å². The molecule has 0 saturated carbocycles. The van der Waals surface area contributed by atoms with Crippen LogP contribution in [0.3, 0.4) is 0 Å². The number of benzene rings is 1. The molecular formula is C14H22N2O3S. The minimum atomic E-state index is -3.49. The molecule has 0 bridgehead atoms. The van der Waals surface area contributed by atoms with E-state index in [4.69, 9.17) is 0 Å². The Hall–Kier alpha value is -0.950. The Morgan fingerprint density at radius 3 is 2.50 bits per heavy atom. The smallest absolute Gasteiger partial charge is 0.243 e. The zero-order chi connectivity index (χ0) is 14.8. The van der Waals surface area contributed by atoms with Gasteiger partial charge in [-0.15, -0.1) is 0 Å². The largest absolute Gasteiger partial charge is 0.389 e. The minimum absolute atomic E-state index is 0.161. The van der Waals surface area contributed by atoms with E-state index in [-0.39, 0.29) is 11.4 Å². The van der Waals surface area contributed by atoms with Gasteiger partial charge in [-0.1, -0.05) is 19.1 Å². The van der Waals surface area contributed by atoms with Gasteiger partial charge in [-0.2, -0.15) is 4.31 Å². The van der Waals surface area contributed by atoms with Crippen LogP contribution in [0.25, 0.3) is 0 Å². The van der Waals surface area contributed by atoms with Gasteiger partial charge < -0.3 is 10.4 Å². The standard InChI is InChI=1S/C14H22N2O3S/c1-3-15-10-12-4-6-13(7-5-12)20(18,19)16-9-8-14(2,17)11-16/h4-7,15,17H,3,8-11H2,1-2H3. The van der Waals surface area contributed by atoms with Crippen LogP contribution in [-0.4, -0.2) is 43.1 Å². The normalized spacial score (nSPS) is 24.1. The number of aliphatic hydroxyl groups is 1. The number of rotatable bonds is 5. The molecule has 0 radical (unpaired) electrons. The number of nitrogens with zero attached hydrogens (tertiary/aromatic N) is 1. The van der Waals surface area contributed by atoms with Crippen molar-refractivity contribution < 1.29 is 13.5 Å². The second kappa shape index (κ2) is 5.81. The van der Waals surface area contributed by atoms with E-state index in [1.54, 1.807) is 19.1 Å². The van der Waals surface area contributed by atoms with Gasteiger partial charge >= 0.3 is 0 Å². The molecule has 1 saturated heterocycles. The topological polar surface area (TPSA) is 69.6 Å². The predicted octanol–water partition coefficient (Wildman–Crippen LogP) is 0.942. The summed E-state index contributed by atoms with van der Waals surface area (Å²) in [6, 6.07) is 6.91. The van der Waals surface area contributed by atoms with E-state index in [2.05, 4.69) is 5.32 Å². The Bertz CT molecular complexity index is 552. The van der Waals surface area contributed by atoms with Gasteiger partial charge in [0.1, 0.15) is 0 Å². The van der Waals surface area contributed by atoms with E-state index in [9.17, 15) is 13.5 Å². The highest BCUT2D eigenvalue weighted by Crippen LogP contribution is 2.26. The van der Waals surface area contributed by atoms with Crippen LogP contribution in [0.1, 0.15) is 25.8 Å². The van der Waals surface area contributed by atoms with Crippen molar-refractivity contribution in [3.05, 3.63) is 29.8 Å². The van der Waals surface area contributed by atoms with Crippen LogP contribution < -0.4 is 5.32 Å². The Kier molecular flexibility index (Phi) is 4.49. The molecule has 2 rings (SSSR count). The summed E-state index contributed by atoms with van der Waals surface area (Å²) < 4.78 is 26.2. The molecule has 6 heteroatoms. The molecular weight excluding hydrogens is 276 g/mol. The average Bonchev–Trinajstić information content (AvgIpc) is 2.78. The molecule has 1 aromatic rings. The Morgan fingerprint density at radius 2 is 2.00 bits per heavy atom. The van der Waals surface area contributed by atoms with Gasteiger partial charge in [-0.05, 0) is 37.6 Å². The summed E-state index contributed by atoms with van der Waals surface area (Å²) in [5, 5.41) is 13.1. The van der Waals surface area contributed by atoms with Crippen LogP contribution in [-0.2, 0) is 16.6 Å². The lowest BCUT2D eigenvalue weighted by Crippen LogP contribution is -2.33. The van der Waals surface area contributed by atoms with Crippen molar-refractivity contribution in [3.8, 4) is 0 Å². The van der Waals surface area contributed by atoms with Gasteiger partial charge in [0.2, 0.25) is 10.0 Å².